The second-order valence-corrected chi connectivity index (χ2v) is 2.52. The van der Waals surface area contributed by atoms with Crippen molar-refractivity contribution in [2.24, 2.45) is 0 Å². The predicted octanol–water partition coefficient (Wildman–Crippen LogP) is 1.51. The summed E-state index contributed by atoms with van der Waals surface area (Å²) in [6, 6.07) is 3.16. The van der Waals surface area contributed by atoms with E-state index in [9.17, 15) is 4.79 Å². The van der Waals surface area contributed by atoms with E-state index in [1.54, 1.807) is 6.07 Å². The number of hydrogen-bond donors (Lipinski definition) is 1. The zero-order chi connectivity index (χ0) is 8.27. The SMILES string of the molecule is O=C(O)COc1ccc(Br)o1. The Balaban J connectivity index is 2.45. The molecule has 0 bridgehead atoms. The lowest BCUT2D eigenvalue weighted by Gasteiger charge is -1.95. The number of furan rings is 1. The van der Waals surface area contributed by atoms with Gasteiger partial charge in [0.05, 0.1) is 0 Å². The first-order chi connectivity index (χ1) is 5.18. The van der Waals surface area contributed by atoms with Crippen molar-refractivity contribution in [1.29, 1.82) is 0 Å². The molecule has 0 radical (unpaired) electrons. The molecule has 0 atom stereocenters. The van der Waals surface area contributed by atoms with Gasteiger partial charge in [-0.3, -0.25) is 0 Å². The van der Waals surface area contributed by atoms with Gasteiger partial charge in [-0.2, -0.15) is 0 Å². The molecule has 1 heterocycles. The quantitative estimate of drug-likeness (QED) is 0.840. The number of rotatable bonds is 3. The molecule has 1 aromatic heterocycles. The number of hydrogen-bond acceptors (Lipinski definition) is 3. The Labute approximate surface area is 70.9 Å². The first-order valence-corrected chi connectivity index (χ1v) is 3.57. The molecule has 60 valence electrons. The minimum absolute atomic E-state index is 0.194. The van der Waals surface area contributed by atoms with Crippen molar-refractivity contribution in [2.45, 2.75) is 0 Å². The number of halogens is 1. The van der Waals surface area contributed by atoms with E-state index in [4.69, 9.17) is 14.3 Å². The van der Waals surface area contributed by atoms with Gasteiger partial charge in [0.25, 0.3) is 5.95 Å². The van der Waals surface area contributed by atoms with Crippen LogP contribution in [-0.2, 0) is 4.79 Å². The van der Waals surface area contributed by atoms with Crippen molar-refractivity contribution < 1.29 is 19.1 Å². The van der Waals surface area contributed by atoms with Crippen molar-refractivity contribution in [3.05, 3.63) is 16.8 Å². The number of aliphatic carboxylic acids is 1. The van der Waals surface area contributed by atoms with Gasteiger partial charge in [-0.1, -0.05) is 0 Å². The van der Waals surface area contributed by atoms with Crippen molar-refractivity contribution in [2.75, 3.05) is 6.61 Å². The van der Waals surface area contributed by atoms with Crippen molar-refractivity contribution in [3.8, 4) is 5.95 Å². The highest BCUT2D eigenvalue weighted by Crippen LogP contribution is 2.19. The van der Waals surface area contributed by atoms with E-state index in [-0.39, 0.29) is 12.6 Å². The summed E-state index contributed by atoms with van der Waals surface area (Å²) in [5.74, 6) is -0.836. The second kappa shape index (κ2) is 3.43. The molecule has 0 fully saturated rings. The third-order valence-corrected chi connectivity index (χ3v) is 1.31. The number of carboxylic acid groups (broad SMARTS) is 1. The smallest absolute Gasteiger partial charge is 0.341 e. The highest BCUT2D eigenvalue weighted by atomic mass is 79.9. The molecular weight excluding hydrogens is 216 g/mol. The van der Waals surface area contributed by atoms with Crippen LogP contribution >= 0.6 is 15.9 Å². The van der Waals surface area contributed by atoms with Gasteiger partial charge in [0, 0.05) is 6.07 Å². The van der Waals surface area contributed by atoms with Crippen LogP contribution in [0.1, 0.15) is 0 Å². The Bertz CT molecular complexity index is 255. The summed E-state index contributed by atoms with van der Waals surface area (Å²) in [5, 5.41) is 8.20. The van der Waals surface area contributed by atoms with Crippen LogP contribution in [0.2, 0.25) is 0 Å². The molecule has 5 heteroatoms. The summed E-state index contributed by atoms with van der Waals surface area (Å²) in [4.78, 5) is 10.0. The second-order valence-electron chi connectivity index (χ2n) is 1.74. The van der Waals surface area contributed by atoms with E-state index in [1.807, 2.05) is 0 Å². The molecule has 0 amide bonds. The van der Waals surface area contributed by atoms with Gasteiger partial charge < -0.3 is 14.3 Å². The number of ether oxygens (including phenoxy) is 1. The lowest BCUT2D eigenvalue weighted by atomic mass is 10.6. The highest BCUT2D eigenvalue weighted by molar-refractivity contribution is 9.10. The van der Waals surface area contributed by atoms with Gasteiger partial charge >= 0.3 is 5.97 Å². The first kappa shape index (κ1) is 8.13. The van der Waals surface area contributed by atoms with Crippen molar-refractivity contribution in [1.82, 2.24) is 0 Å². The highest BCUT2D eigenvalue weighted by Gasteiger charge is 2.02. The molecule has 0 aliphatic heterocycles. The van der Waals surface area contributed by atoms with E-state index < -0.39 is 5.97 Å². The molecule has 0 spiro atoms. The van der Waals surface area contributed by atoms with E-state index in [2.05, 4.69) is 15.9 Å². The standard InChI is InChI=1S/C6H5BrO4/c7-4-1-2-6(11-4)10-3-5(8)9/h1-2H,3H2,(H,8,9). The third-order valence-electron chi connectivity index (χ3n) is 0.886. The summed E-state index contributed by atoms with van der Waals surface area (Å²) < 4.78 is 10.1. The van der Waals surface area contributed by atoms with Gasteiger partial charge in [-0.15, -0.1) is 0 Å². The Hall–Kier alpha value is -0.970. The normalized spacial score (nSPS) is 9.55. The Morgan fingerprint density at radius 3 is 2.91 bits per heavy atom. The summed E-state index contributed by atoms with van der Waals surface area (Å²) in [6.45, 7) is -0.389. The van der Waals surface area contributed by atoms with Crippen LogP contribution in [0.15, 0.2) is 21.2 Å². The average Bonchev–Trinajstić information content (AvgIpc) is 2.31. The average molecular weight is 221 g/mol. The van der Waals surface area contributed by atoms with Gasteiger partial charge in [0.2, 0.25) is 0 Å². The van der Waals surface area contributed by atoms with Crippen LogP contribution in [0, 0.1) is 0 Å². The fourth-order valence-corrected chi connectivity index (χ4v) is 0.800. The molecule has 4 nitrogen and oxygen atoms in total. The summed E-state index contributed by atoms with van der Waals surface area (Å²) in [5.41, 5.74) is 0. The molecular formula is C6H5BrO4. The van der Waals surface area contributed by atoms with E-state index >= 15 is 0 Å². The molecule has 0 aliphatic carbocycles. The minimum Gasteiger partial charge on any atom is -0.479 e. The predicted molar refractivity (Wildman–Crippen MR) is 39.5 cm³/mol. The van der Waals surface area contributed by atoms with Crippen LogP contribution in [0.5, 0.6) is 5.95 Å². The molecule has 0 aromatic carbocycles. The monoisotopic (exact) mass is 220 g/mol. The van der Waals surface area contributed by atoms with Crippen molar-refractivity contribution in [3.63, 3.8) is 0 Å². The molecule has 0 unspecified atom stereocenters. The first-order valence-electron chi connectivity index (χ1n) is 2.78. The maximum absolute atomic E-state index is 10.0. The van der Waals surface area contributed by atoms with Crippen LogP contribution in [0.4, 0.5) is 0 Å². The summed E-state index contributed by atoms with van der Waals surface area (Å²) >= 11 is 3.05. The van der Waals surface area contributed by atoms with Gasteiger partial charge in [0.15, 0.2) is 11.3 Å². The molecule has 1 rings (SSSR count). The molecule has 0 aliphatic rings. The Morgan fingerprint density at radius 2 is 2.45 bits per heavy atom. The fourth-order valence-electron chi connectivity index (χ4n) is 0.508. The maximum Gasteiger partial charge on any atom is 0.341 e. The molecule has 11 heavy (non-hydrogen) atoms. The molecule has 0 saturated carbocycles. The van der Waals surface area contributed by atoms with Gasteiger partial charge in [0.1, 0.15) is 0 Å². The maximum atomic E-state index is 10.0. The number of carboxylic acids is 1. The summed E-state index contributed by atoms with van der Waals surface area (Å²) in [6.07, 6.45) is 0. The lowest BCUT2D eigenvalue weighted by molar-refractivity contribution is -0.139. The number of carbonyl (C=O) groups is 1. The zero-order valence-corrected chi connectivity index (χ0v) is 7.00. The topological polar surface area (TPSA) is 59.7 Å². The van der Waals surface area contributed by atoms with E-state index in [0.717, 1.165) is 0 Å². The van der Waals surface area contributed by atoms with Crippen LogP contribution in [-0.4, -0.2) is 17.7 Å². The molecule has 1 aromatic rings. The van der Waals surface area contributed by atoms with Crippen LogP contribution in [0.3, 0.4) is 0 Å². The largest absolute Gasteiger partial charge is 0.479 e. The van der Waals surface area contributed by atoms with E-state index in [0.29, 0.717) is 4.67 Å². The van der Waals surface area contributed by atoms with Gasteiger partial charge in [-0.05, 0) is 22.0 Å². The fraction of sp³-hybridized carbons (Fsp3) is 0.167. The summed E-state index contributed by atoms with van der Waals surface area (Å²) in [7, 11) is 0. The minimum atomic E-state index is -1.03. The van der Waals surface area contributed by atoms with Crippen molar-refractivity contribution >= 4 is 21.9 Å². The van der Waals surface area contributed by atoms with Crippen LogP contribution in [0.25, 0.3) is 0 Å². The lowest BCUT2D eigenvalue weighted by Crippen LogP contribution is -2.08. The Morgan fingerprint density at radius 1 is 1.73 bits per heavy atom. The Kier molecular flexibility index (Phi) is 2.53. The third kappa shape index (κ3) is 2.63. The molecule has 0 saturated heterocycles. The van der Waals surface area contributed by atoms with E-state index in [1.165, 1.54) is 6.07 Å². The van der Waals surface area contributed by atoms with Gasteiger partial charge in [-0.25, -0.2) is 4.79 Å². The van der Waals surface area contributed by atoms with Crippen LogP contribution < -0.4 is 4.74 Å². The molecule has 1 N–H and O–H groups in total. The zero-order valence-electron chi connectivity index (χ0n) is 5.41.